The number of carbonyl (C=O) groups excluding carboxylic acids is 1. The van der Waals surface area contributed by atoms with Crippen LogP contribution in [0.2, 0.25) is 0 Å². The number of hydrogen-bond donors (Lipinski definition) is 1. The predicted molar refractivity (Wildman–Crippen MR) is 111 cm³/mol. The molecule has 3 aromatic rings. The fourth-order valence-corrected chi connectivity index (χ4v) is 3.76. The maximum atomic E-state index is 12.9. The SMILES string of the molecule is Cc1cc(C)n(-c2ccc(C(=O)N(C)C(C)c3cccc(S(N)(=O)=O)c3)cc2)n1. The first-order chi connectivity index (χ1) is 13.6. The van der Waals surface area contributed by atoms with Crippen molar-refractivity contribution < 1.29 is 13.2 Å². The van der Waals surface area contributed by atoms with Crippen molar-refractivity contribution in [1.29, 1.82) is 0 Å². The van der Waals surface area contributed by atoms with Gasteiger partial charge in [0.1, 0.15) is 0 Å². The second kappa shape index (κ2) is 7.81. The molecular weight excluding hydrogens is 388 g/mol. The van der Waals surface area contributed by atoms with Crippen molar-refractivity contribution in [2.75, 3.05) is 7.05 Å². The van der Waals surface area contributed by atoms with Gasteiger partial charge in [-0.3, -0.25) is 4.79 Å². The van der Waals surface area contributed by atoms with Crippen LogP contribution < -0.4 is 5.14 Å². The first kappa shape index (κ1) is 20.8. The largest absolute Gasteiger partial charge is 0.335 e. The van der Waals surface area contributed by atoms with Gasteiger partial charge in [0.15, 0.2) is 0 Å². The molecule has 29 heavy (non-hydrogen) atoms. The first-order valence-corrected chi connectivity index (χ1v) is 10.7. The molecule has 0 aliphatic rings. The minimum atomic E-state index is -3.80. The van der Waals surface area contributed by atoms with E-state index in [1.807, 2.05) is 43.7 Å². The van der Waals surface area contributed by atoms with Gasteiger partial charge in [0.05, 0.1) is 22.3 Å². The smallest absolute Gasteiger partial charge is 0.254 e. The van der Waals surface area contributed by atoms with Crippen LogP contribution in [-0.2, 0) is 10.0 Å². The zero-order valence-corrected chi connectivity index (χ0v) is 17.6. The summed E-state index contributed by atoms with van der Waals surface area (Å²) in [4.78, 5) is 14.5. The van der Waals surface area contributed by atoms with Crippen LogP contribution in [0, 0.1) is 13.8 Å². The molecule has 1 aromatic heterocycles. The van der Waals surface area contributed by atoms with Crippen molar-refractivity contribution in [2.24, 2.45) is 5.14 Å². The fraction of sp³-hybridized carbons (Fsp3) is 0.238. The molecular formula is C21H24N4O3S. The van der Waals surface area contributed by atoms with Gasteiger partial charge in [-0.2, -0.15) is 5.10 Å². The highest BCUT2D eigenvalue weighted by Crippen LogP contribution is 2.23. The molecule has 0 fully saturated rings. The van der Waals surface area contributed by atoms with Crippen LogP contribution in [0.5, 0.6) is 0 Å². The monoisotopic (exact) mass is 412 g/mol. The Morgan fingerprint density at radius 3 is 2.31 bits per heavy atom. The van der Waals surface area contributed by atoms with Crippen LogP contribution in [-0.4, -0.2) is 36.1 Å². The lowest BCUT2D eigenvalue weighted by molar-refractivity contribution is 0.0742. The van der Waals surface area contributed by atoms with E-state index in [0.717, 1.165) is 17.1 Å². The Morgan fingerprint density at radius 2 is 1.76 bits per heavy atom. The fourth-order valence-electron chi connectivity index (χ4n) is 3.19. The molecule has 0 saturated heterocycles. The summed E-state index contributed by atoms with van der Waals surface area (Å²) in [5, 5.41) is 9.66. The van der Waals surface area contributed by atoms with Crippen molar-refractivity contribution >= 4 is 15.9 Å². The van der Waals surface area contributed by atoms with E-state index < -0.39 is 10.0 Å². The lowest BCUT2D eigenvalue weighted by atomic mass is 10.1. The molecule has 152 valence electrons. The van der Waals surface area contributed by atoms with Crippen molar-refractivity contribution in [1.82, 2.24) is 14.7 Å². The molecule has 2 aromatic carbocycles. The van der Waals surface area contributed by atoms with Gasteiger partial charge in [-0.1, -0.05) is 12.1 Å². The Kier molecular flexibility index (Phi) is 5.59. The molecule has 0 bridgehead atoms. The van der Waals surface area contributed by atoms with Gasteiger partial charge in [-0.05, 0) is 68.8 Å². The summed E-state index contributed by atoms with van der Waals surface area (Å²) in [6, 6.07) is 15.2. The lowest BCUT2D eigenvalue weighted by Crippen LogP contribution is -2.29. The number of benzene rings is 2. The van der Waals surface area contributed by atoms with Crippen molar-refractivity contribution in [2.45, 2.75) is 31.7 Å². The third-order valence-corrected chi connectivity index (χ3v) is 5.85. The highest BCUT2D eigenvalue weighted by molar-refractivity contribution is 7.89. The van der Waals surface area contributed by atoms with Crippen LogP contribution in [0.4, 0.5) is 0 Å². The molecule has 1 heterocycles. The summed E-state index contributed by atoms with van der Waals surface area (Å²) in [5.74, 6) is -0.168. The van der Waals surface area contributed by atoms with Crippen LogP contribution in [0.3, 0.4) is 0 Å². The van der Waals surface area contributed by atoms with E-state index in [9.17, 15) is 13.2 Å². The number of primary sulfonamides is 1. The zero-order chi connectivity index (χ0) is 21.3. The molecule has 0 aliphatic carbocycles. The Bertz CT molecular complexity index is 1150. The van der Waals surface area contributed by atoms with Crippen LogP contribution in [0.1, 0.15) is 40.3 Å². The third-order valence-electron chi connectivity index (χ3n) is 4.94. The summed E-state index contributed by atoms with van der Waals surface area (Å²) in [7, 11) is -2.12. The third kappa shape index (κ3) is 4.38. The number of aromatic nitrogens is 2. The van der Waals surface area contributed by atoms with Crippen molar-refractivity contribution in [3.63, 3.8) is 0 Å². The van der Waals surface area contributed by atoms with Crippen LogP contribution >= 0.6 is 0 Å². The van der Waals surface area contributed by atoms with Crippen molar-refractivity contribution in [3.05, 3.63) is 77.1 Å². The maximum absolute atomic E-state index is 12.9. The standard InChI is InChI=1S/C21H24N4O3S/c1-14-12-15(2)25(23-14)19-10-8-17(9-11-19)21(26)24(4)16(3)18-6-5-7-20(13-18)29(22,27)28/h5-13,16H,1-4H3,(H2,22,27,28). The Hall–Kier alpha value is -2.97. The highest BCUT2D eigenvalue weighted by atomic mass is 32.2. The summed E-state index contributed by atoms with van der Waals surface area (Å²) >= 11 is 0. The first-order valence-electron chi connectivity index (χ1n) is 9.11. The average Bonchev–Trinajstić information content (AvgIpc) is 3.04. The number of carbonyl (C=O) groups is 1. The van der Waals surface area contributed by atoms with E-state index >= 15 is 0 Å². The zero-order valence-electron chi connectivity index (χ0n) is 16.8. The second-order valence-electron chi connectivity index (χ2n) is 7.10. The van der Waals surface area contributed by atoms with E-state index in [0.29, 0.717) is 11.1 Å². The van der Waals surface area contributed by atoms with Gasteiger partial charge in [-0.25, -0.2) is 18.2 Å². The Labute approximate surface area is 170 Å². The molecule has 0 spiro atoms. The van der Waals surface area contributed by atoms with Crippen LogP contribution in [0.15, 0.2) is 59.5 Å². The molecule has 0 radical (unpaired) electrons. The van der Waals surface area contributed by atoms with Gasteiger partial charge in [0.2, 0.25) is 10.0 Å². The van der Waals surface area contributed by atoms with Gasteiger partial charge < -0.3 is 4.90 Å². The lowest BCUT2D eigenvalue weighted by Gasteiger charge is -2.26. The maximum Gasteiger partial charge on any atom is 0.254 e. The summed E-state index contributed by atoms with van der Waals surface area (Å²) in [5.41, 5.74) is 4.04. The normalized spacial score (nSPS) is 12.6. The Balaban J connectivity index is 1.82. The Morgan fingerprint density at radius 1 is 1.10 bits per heavy atom. The molecule has 1 unspecified atom stereocenters. The molecule has 7 nitrogen and oxygen atoms in total. The number of nitrogens with two attached hydrogens (primary N) is 1. The van der Waals surface area contributed by atoms with E-state index in [4.69, 9.17) is 5.14 Å². The minimum Gasteiger partial charge on any atom is -0.335 e. The van der Waals surface area contributed by atoms with Gasteiger partial charge in [0.25, 0.3) is 5.91 Å². The van der Waals surface area contributed by atoms with Gasteiger partial charge >= 0.3 is 0 Å². The van der Waals surface area contributed by atoms with Crippen molar-refractivity contribution in [3.8, 4) is 5.69 Å². The average molecular weight is 413 g/mol. The number of nitrogens with zero attached hydrogens (tertiary/aromatic N) is 3. The second-order valence-corrected chi connectivity index (χ2v) is 8.66. The summed E-state index contributed by atoms with van der Waals surface area (Å²) < 4.78 is 25.0. The molecule has 2 N–H and O–H groups in total. The molecule has 8 heteroatoms. The molecule has 1 amide bonds. The molecule has 3 rings (SSSR count). The van der Waals surface area contributed by atoms with E-state index in [1.54, 1.807) is 36.2 Å². The minimum absolute atomic E-state index is 0.0249. The molecule has 1 atom stereocenters. The van der Waals surface area contributed by atoms with E-state index in [1.165, 1.54) is 12.1 Å². The van der Waals surface area contributed by atoms with E-state index in [2.05, 4.69) is 5.10 Å². The van der Waals surface area contributed by atoms with Gasteiger partial charge in [-0.15, -0.1) is 0 Å². The number of aryl methyl sites for hydroxylation is 2. The number of hydrogen-bond acceptors (Lipinski definition) is 4. The summed E-state index contributed by atoms with van der Waals surface area (Å²) in [6.07, 6.45) is 0. The molecule has 0 saturated carbocycles. The topological polar surface area (TPSA) is 98.3 Å². The predicted octanol–water partition coefficient (Wildman–Crippen LogP) is 2.97. The number of rotatable bonds is 5. The highest BCUT2D eigenvalue weighted by Gasteiger charge is 2.20. The summed E-state index contributed by atoms with van der Waals surface area (Å²) in [6.45, 7) is 5.75. The quantitative estimate of drug-likeness (QED) is 0.696. The number of sulfonamides is 1. The molecule has 0 aliphatic heterocycles. The number of amides is 1. The van der Waals surface area contributed by atoms with Crippen LogP contribution in [0.25, 0.3) is 5.69 Å². The van der Waals surface area contributed by atoms with Gasteiger partial charge in [0, 0.05) is 18.3 Å². The van der Waals surface area contributed by atoms with E-state index in [-0.39, 0.29) is 16.8 Å².